The van der Waals surface area contributed by atoms with Crippen LogP contribution in [0.2, 0.25) is 6.55 Å². The van der Waals surface area contributed by atoms with E-state index < -0.39 is 0 Å². The van der Waals surface area contributed by atoms with Crippen LogP contribution in [-0.2, 0) is 14.3 Å². The zero-order valence-corrected chi connectivity index (χ0v) is 16.0. The Morgan fingerprint density at radius 2 is 1.62 bits per heavy atom. The molecule has 26 heavy (non-hydrogen) atoms. The van der Waals surface area contributed by atoms with Crippen LogP contribution in [-0.4, -0.2) is 34.6 Å². The van der Waals surface area contributed by atoms with Gasteiger partial charge in [-0.2, -0.15) is 0 Å². The number of ether oxygens (including phenoxy) is 2. The largest absolute Gasteiger partial charge is 0.494 e. The summed E-state index contributed by atoms with van der Waals surface area (Å²) < 4.78 is 10.2. The van der Waals surface area contributed by atoms with Gasteiger partial charge in [0.15, 0.2) is 0 Å². The molecule has 0 heterocycles. The highest BCUT2D eigenvalue weighted by Gasteiger charge is 2.01. The van der Waals surface area contributed by atoms with E-state index in [0.29, 0.717) is 28.0 Å². The molecule has 0 N–H and O–H groups in total. The van der Waals surface area contributed by atoms with E-state index in [1.165, 1.54) is 13.2 Å². The van der Waals surface area contributed by atoms with Gasteiger partial charge >= 0.3 is 5.97 Å². The minimum Gasteiger partial charge on any atom is -0.494 e. The number of rotatable bonds is 9. The highest BCUT2D eigenvalue weighted by molar-refractivity contribution is 6.72. The molecule has 0 amide bonds. The molecular formula is C21H22O4Si. The summed E-state index contributed by atoms with van der Waals surface area (Å²) >= 11 is 0. The molecule has 2 aromatic carbocycles. The van der Waals surface area contributed by atoms with Crippen molar-refractivity contribution in [1.29, 1.82) is 0 Å². The summed E-state index contributed by atoms with van der Waals surface area (Å²) in [6, 6.07) is 15.8. The molecule has 0 saturated carbocycles. The van der Waals surface area contributed by atoms with E-state index in [9.17, 15) is 9.59 Å². The number of methoxy groups -OCH3 is 1. The normalized spacial score (nSPS) is 10.7. The fourth-order valence-electron chi connectivity index (χ4n) is 2.31. The molecule has 0 bridgehead atoms. The monoisotopic (exact) mass is 366 g/mol. The van der Waals surface area contributed by atoms with Crippen LogP contribution in [0.3, 0.4) is 0 Å². The van der Waals surface area contributed by atoms with Crippen molar-refractivity contribution in [3.05, 3.63) is 60.2 Å². The molecule has 0 aliphatic heterocycles. The second kappa shape index (κ2) is 10.4. The second-order valence-electron chi connectivity index (χ2n) is 5.63. The van der Waals surface area contributed by atoms with E-state index in [4.69, 9.17) is 4.74 Å². The van der Waals surface area contributed by atoms with Crippen LogP contribution < -0.4 is 4.74 Å². The Kier molecular flexibility index (Phi) is 7.83. The molecule has 2 rings (SSSR count). The zero-order chi connectivity index (χ0) is 18.8. The quantitative estimate of drug-likeness (QED) is 0.292. The number of esters is 1. The Balaban J connectivity index is 1.90. The van der Waals surface area contributed by atoms with E-state index in [0.717, 1.165) is 28.9 Å². The molecule has 4 nitrogen and oxygen atoms in total. The lowest BCUT2D eigenvalue weighted by Crippen LogP contribution is -2.07. The van der Waals surface area contributed by atoms with Crippen molar-refractivity contribution in [2.45, 2.75) is 19.4 Å². The van der Waals surface area contributed by atoms with Gasteiger partial charge in [0.2, 0.25) is 0 Å². The number of benzene rings is 2. The van der Waals surface area contributed by atoms with Crippen molar-refractivity contribution in [3.8, 4) is 16.9 Å². The van der Waals surface area contributed by atoms with Crippen molar-refractivity contribution < 1.29 is 19.1 Å². The lowest BCUT2D eigenvalue weighted by atomic mass is 10.0. The van der Waals surface area contributed by atoms with Crippen molar-refractivity contribution in [2.24, 2.45) is 0 Å². The highest BCUT2D eigenvalue weighted by atomic mass is 28.2. The van der Waals surface area contributed by atoms with Gasteiger partial charge in [0.1, 0.15) is 20.7 Å². The third-order valence-electron chi connectivity index (χ3n) is 3.81. The fourth-order valence-corrected chi connectivity index (χ4v) is 2.74. The molecule has 0 unspecified atom stereocenters. The summed E-state index contributed by atoms with van der Waals surface area (Å²) in [5.41, 5.74) is 3.10. The first-order valence-corrected chi connectivity index (χ1v) is 9.92. The molecule has 0 fully saturated rings. The first kappa shape index (κ1) is 19.7. The van der Waals surface area contributed by atoms with Gasteiger partial charge in [-0.1, -0.05) is 42.9 Å². The van der Waals surface area contributed by atoms with Crippen LogP contribution in [0.15, 0.2) is 54.6 Å². The van der Waals surface area contributed by atoms with Crippen LogP contribution in [0.5, 0.6) is 5.75 Å². The molecule has 0 saturated heterocycles. The van der Waals surface area contributed by atoms with Crippen molar-refractivity contribution in [1.82, 2.24) is 0 Å². The summed E-state index contributed by atoms with van der Waals surface area (Å²) in [5, 5.41) is 0.300. The summed E-state index contributed by atoms with van der Waals surface area (Å²) in [6.45, 7) is 2.46. The minimum absolute atomic E-state index is 0.300. The molecule has 134 valence electrons. The Labute approximate surface area is 156 Å². The van der Waals surface area contributed by atoms with Gasteiger partial charge in [0.25, 0.3) is 0 Å². The van der Waals surface area contributed by atoms with Crippen molar-refractivity contribution >= 4 is 27.0 Å². The third-order valence-corrected chi connectivity index (χ3v) is 4.61. The van der Waals surface area contributed by atoms with Crippen molar-refractivity contribution in [2.75, 3.05) is 13.7 Å². The second-order valence-corrected chi connectivity index (χ2v) is 6.69. The zero-order valence-electron chi connectivity index (χ0n) is 15.0. The van der Waals surface area contributed by atoms with Gasteiger partial charge in [0.05, 0.1) is 13.7 Å². The van der Waals surface area contributed by atoms with Crippen LogP contribution >= 0.6 is 0 Å². The van der Waals surface area contributed by atoms with Gasteiger partial charge < -0.3 is 14.3 Å². The maximum atomic E-state index is 11.3. The van der Waals surface area contributed by atoms with Gasteiger partial charge in [-0.25, -0.2) is 4.79 Å². The van der Waals surface area contributed by atoms with Gasteiger partial charge in [-0.15, -0.1) is 0 Å². The summed E-state index contributed by atoms with van der Waals surface area (Å²) in [4.78, 5) is 22.4. The Hall–Kier alpha value is -2.66. The standard InChI is InChI=1S/C21H22O4Si/c1-24-20(22)14-7-16-5-8-17(9-6-16)18-10-12-19(13-11-18)25-15-3-4-21(23)26-2/h5-14H,3-4,15H2,1-2H3/b14-7+. The molecule has 2 aromatic rings. The predicted octanol–water partition coefficient (Wildman–Crippen LogP) is 3.98. The molecule has 0 aliphatic rings. The third kappa shape index (κ3) is 6.33. The van der Waals surface area contributed by atoms with Gasteiger partial charge in [-0.05, 0) is 41.3 Å². The van der Waals surface area contributed by atoms with Crippen LogP contribution in [0, 0.1) is 0 Å². The molecule has 0 aliphatic carbocycles. The number of hydrogen-bond donors (Lipinski definition) is 0. The maximum absolute atomic E-state index is 11.3. The predicted molar refractivity (Wildman–Crippen MR) is 104 cm³/mol. The van der Waals surface area contributed by atoms with Crippen LogP contribution in [0.4, 0.5) is 0 Å². The SMILES string of the molecule is COC(=O)/C=C/c1ccc(-c2ccc(OCCCC(=O)[Si]C)cc2)cc1. The minimum atomic E-state index is -0.371. The van der Waals surface area contributed by atoms with Crippen LogP contribution in [0.25, 0.3) is 17.2 Å². The first-order chi connectivity index (χ1) is 12.6. The Bertz CT molecular complexity index is 749. The van der Waals surface area contributed by atoms with E-state index in [1.807, 2.05) is 55.1 Å². The van der Waals surface area contributed by atoms with E-state index >= 15 is 0 Å². The van der Waals surface area contributed by atoms with Gasteiger partial charge in [0, 0.05) is 12.5 Å². The summed E-state index contributed by atoms with van der Waals surface area (Å²) in [7, 11) is 1.72. The van der Waals surface area contributed by atoms with Gasteiger partial charge in [-0.3, -0.25) is 0 Å². The van der Waals surface area contributed by atoms with E-state index in [2.05, 4.69) is 4.74 Å². The maximum Gasteiger partial charge on any atom is 0.330 e. The molecule has 0 aromatic heterocycles. The highest BCUT2D eigenvalue weighted by Crippen LogP contribution is 2.23. The number of carbonyl (C=O) groups excluding carboxylic acids is 2. The molecule has 2 radical (unpaired) electrons. The lowest BCUT2D eigenvalue weighted by molar-refractivity contribution is -0.134. The lowest BCUT2D eigenvalue weighted by Gasteiger charge is -2.07. The Morgan fingerprint density at radius 1 is 1.00 bits per heavy atom. The summed E-state index contributed by atoms with van der Waals surface area (Å²) in [6.07, 6.45) is 4.46. The number of carbonyl (C=O) groups is 2. The number of hydrogen-bond acceptors (Lipinski definition) is 4. The summed E-state index contributed by atoms with van der Waals surface area (Å²) in [5.74, 6) is 0.432. The molecule has 0 spiro atoms. The van der Waals surface area contributed by atoms with Crippen LogP contribution in [0.1, 0.15) is 18.4 Å². The van der Waals surface area contributed by atoms with Crippen molar-refractivity contribution in [3.63, 3.8) is 0 Å². The smallest absolute Gasteiger partial charge is 0.330 e. The van der Waals surface area contributed by atoms with E-state index in [-0.39, 0.29) is 5.97 Å². The average Bonchev–Trinajstić information content (AvgIpc) is 2.70. The topological polar surface area (TPSA) is 52.6 Å². The molecular weight excluding hydrogens is 344 g/mol. The van der Waals surface area contributed by atoms with E-state index in [1.54, 1.807) is 6.08 Å². The first-order valence-electron chi connectivity index (χ1n) is 8.42. The molecule has 5 heteroatoms. The Morgan fingerprint density at radius 3 is 2.19 bits per heavy atom. The fraction of sp³-hybridized carbons (Fsp3) is 0.238. The molecule has 0 atom stereocenters. The average molecular weight is 366 g/mol.